The molecule has 128 valence electrons. The van der Waals surface area contributed by atoms with Crippen LogP contribution in [0.1, 0.15) is 25.3 Å². The molecule has 1 amide bonds. The van der Waals surface area contributed by atoms with E-state index >= 15 is 0 Å². The molecule has 0 aromatic heterocycles. The van der Waals surface area contributed by atoms with E-state index in [9.17, 15) is 4.79 Å². The summed E-state index contributed by atoms with van der Waals surface area (Å²) in [5, 5.41) is 6.94. The summed E-state index contributed by atoms with van der Waals surface area (Å²) in [6, 6.07) is 7.64. The zero-order chi connectivity index (χ0) is 15.8. The lowest BCUT2D eigenvalue weighted by Crippen LogP contribution is -2.44. The highest BCUT2D eigenvalue weighted by molar-refractivity contribution is 14.0. The van der Waals surface area contributed by atoms with Gasteiger partial charge in [-0.15, -0.1) is 24.0 Å². The van der Waals surface area contributed by atoms with Gasteiger partial charge in [-0.05, 0) is 31.4 Å². The van der Waals surface area contributed by atoms with Crippen LogP contribution in [0, 0.1) is 0 Å². The highest BCUT2D eigenvalue weighted by atomic mass is 127. The zero-order valence-electron chi connectivity index (χ0n) is 13.3. The van der Waals surface area contributed by atoms with Crippen molar-refractivity contribution in [1.82, 2.24) is 15.5 Å². The molecule has 1 aromatic carbocycles. The first-order chi connectivity index (χ1) is 10.7. The summed E-state index contributed by atoms with van der Waals surface area (Å²) < 4.78 is 0. The lowest BCUT2D eigenvalue weighted by molar-refractivity contribution is -0.128. The number of amides is 1. The molecule has 1 fully saturated rings. The Morgan fingerprint density at radius 2 is 1.96 bits per heavy atom. The molecule has 0 spiro atoms. The number of guanidine groups is 1. The molecule has 1 aliphatic heterocycles. The number of nitrogens with one attached hydrogen (secondary N) is 2. The number of carbonyl (C=O) groups excluding carboxylic acids is 1. The SMILES string of the molecule is CCNC(=NCc1ccccc1Cl)NCC(=O)N1CCCC1.I. The third-order valence-corrected chi connectivity index (χ3v) is 3.94. The minimum Gasteiger partial charge on any atom is -0.357 e. The van der Waals surface area contributed by atoms with Gasteiger partial charge in [0, 0.05) is 24.7 Å². The quantitative estimate of drug-likeness (QED) is 0.412. The van der Waals surface area contributed by atoms with Gasteiger partial charge >= 0.3 is 0 Å². The van der Waals surface area contributed by atoms with E-state index in [4.69, 9.17) is 11.6 Å². The van der Waals surface area contributed by atoms with Crippen LogP contribution < -0.4 is 10.6 Å². The Balaban J connectivity index is 0.00000264. The Bertz CT molecular complexity index is 533. The van der Waals surface area contributed by atoms with Crippen LogP contribution >= 0.6 is 35.6 Å². The number of rotatable bonds is 5. The van der Waals surface area contributed by atoms with Crippen LogP contribution in [0.2, 0.25) is 5.02 Å². The topological polar surface area (TPSA) is 56.7 Å². The number of hydrogen-bond donors (Lipinski definition) is 2. The van der Waals surface area contributed by atoms with Crippen molar-refractivity contribution in [1.29, 1.82) is 0 Å². The number of halogens is 2. The van der Waals surface area contributed by atoms with E-state index in [1.807, 2.05) is 36.1 Å². The second-order valence-corrected chi connectivity index (χ2v) is 5.64. The van der Waals surface area contributed by atoms with Crippen molar-refractivity contribution in [2.75, 3.05) is 26.2 Å². The number of nitrogens with zero attached hydrogens (tertiary/aromatic N) is 2. The molecule has 0 bridgehead atoms. The number of carbonyl (C=O) groups is 1. The van der Waals surface area contributed by atoms with E-state index in [1.165, 1.54) is 0 Å². The standard InChI is InChI=1S/C16H23ClN4O.HI/c1-2-18-16(19-11-13-7-3-4-8-14(13)17)20-12-15(22)21-9-5-6-10-21;/h3-4,7-8H,2,5-6,9-12H2,1H3,(H2,18,19,20);1H. The van der Waals surface area contributed by atoms with Crippen LogP contribution in [-0.4, -0.2) is 42.9 Å². The van der Waals surface area contributed by atoms with Crippen molar-refractivity contribution >= 4 is 47.4 Å². The Morgan fingerprint density at radius 1 is 1.26 bits per heavy atom. The zero-order valence-corrected chi connectivity index (χ0v) is 16.4. The fourth-order valence-corrected chi connectivity index (χ4v) is 2.57. The monoisotopic (exact) mass is 450 g/mol. The molecule has 23 heavy (non-hydrogen) atoms. The van der Waals surface area contributed by atoms with Gasteiger partial charge in [-0.3, -0.25) is 4.79 Å². The molecular formula is C16H24ClIN4O. The Morgan fingerprint density at radius 3 is 2.61 bits per heavy atom. The molecule has 0 aliphatic carbocycles. The molecule has 0 radical (unpaired) electrons. The normalized spacial score (nSPS) is 14.3. The molecule has 1 heterocycles. The van der Waals surface area contributed by atoms with Gasteiger partial charge in [0.25, 0.3) is 0 Å². The van der Waals surface area contributed by atoms with E-state index < -0.39 is 0 Å². The van der Waals surface area contributed by atoms with Gasteiger partial charge in [-0.1, -0.05) is 29.8 Å². The molecule has 2 N–H and O–H groups in total. The Kier molecular flexibility index (Phi) is 9.31. The molecule has 1 aromatic rings. The first kappa shape index (κ1) is 20.0. The number of hydrogen-bond acceptors (Lipinski definition) is 2. The van der Waals surface area contributed by atoms with Gasteiger partial charge in [-0.25, -0.2) is 4.99 Å². The van der Waals surface area contributed by atoms with Crippen molar-refractivity contribution < 1.29 is 4.79 Å². The van der Waals surface area contributed by atoms with Gasteiger partial charge in [-0.2, -0.15) is 0 Å². The van der Waals surface area contributed by atoms with Gasteiger partial charge in [0.1, 0.15) is 0 Å². The summed E-state index contributed by atoms with van der Waals surface area (Å²) in [5.74, 6) is 0.760. The molecule has 1 aliphatic rings. The summed E-state index contributed by atoms with van der Waals surface area (Å²) in [5.41, 5.74) is 0.965. The summed E-state index contributed by atoms with van der Waals surface area (Å²) in [4.78, 5) is 18.4. The van der Waals surface area contributed by atoms with Crippen LogP contribution in [0.15, 0.2) is 29.3 Å². The third-order valence-electron chi connectivity index (χ3n) is 3.58. The largest absolute Gasteiger partial charge is 0.357 e. The molecule has 5 nitrogen and oxygen atoms in total. The molecular weight excluding hydrogens is 427 g/mol. The fourth-order valence-electron chi connectivity index (χ4n) is 2.37. The van der Waals surface area contributed by atoms with Crippen molar-refractivity contribution in [3.63, 3.8) is 0 Å². The second-order valence-electron chi connectivity index (χ2n) is 5.23. The minimum atomic E-state index is 0. The molecule has 1 saturated heterocycles. The van der Waals surface area contributed by atoms with Crippen molar-refractivity contribution in [3.05, 3.63) is 34.9 Å². The molecule has 7 heteroatoms. The second kappa shape index (κ2) is 10.7. The van der Waals surface area contributed by atoms with Crippen molar-refractivity contribution in [3.8, 4) is 0 Å². The highest BCUT2D eigenvalue weighted by Crippen LogP contribution is 2.15. The maximum Gasteiger partial charge on any atom is 0.241 e. The van der Waals surface area contributed by atoms with Crippen LogP contribution in [0.25, 0.3) is 0 Å². The van der Waals surface area contributed by atoms with Gasteiger partial charge < -0.3 is 15.5 Å². The summed E-state index contributed by atoms with van der Waals surface area (Å²) in [6.45, 7) is 5.23. The smallest absolute Gasteiger partial charge is 0.241 e. The molecule has 0 atom stereocenters. The first-order valence-corrected chi connectivity index (χ1v) is 8.12. The van der Waals surface area contributed by atoms with Gasteiger partial charge in [0.05, 0.1) is 13.1 Å². The summed E-state index contributed by atoms with van der Waals surface area (Å²) in [7, 11) is 0. The third kappa shape index (κ3) is 6.55. The van der Waals surface area contributed by atoms with Crippen LogP contribution in [0.3, 0.4) is 0 Å². The highest BCUT2D eigenvalue weighted by Gasteiger charge is 2.17. The average Bonchev–Trinajstić information content (AvgIpc) is 3.05. The Labute approximate surface area is 159 Å². The average molecular weight is 451 g/mol. The lowest BCUT2D eigenvalue weighted by Gasteiger charge is -2.17. The van der Waals surface area contributed by atoms with E-state index in [1.54, 1.807) is 0 Å². The van der Waals surface area contributed by atoms with Crippen LogP contribution in [-0.2, 0) is 11.3 Å². The van der Waals surface area contributed by atoms with E-state index in [0.29, 0.717) is 17.5 Å². The van der Waals surface area contributed by atoms with E-state index in [0.717, 1.165) is 38.0 Å². The molecule has 0 saturated carbocycles. The number of aliphatic imine (C=N–C) groups is 1. The minimum absolute atomic E-state index is 0. The predicted octanol–water partition coefficient (Wildman–Crippen LogP) is 2.64. The van der Waals surface area contributed by atoms with Gasteiger partial charge in [0.15, 0.2) is 5.96 Å². The molecule has 2 rings (SSSR count). The van der Waals surface area contributed by atoms with Gasteiger partial charge in [0.2, 0.25) is 5.91 Å². The lowest BCUT2D eigenvalue weighted by atomic mass is 10.2. The Hall–Kier alpha value is -1.02. The fraction of sp³-hybridized carbons (Fsp3) is 0.500. The summed E-state index contributed by atoms with van der Waals surface area (Å²) >= 11 is 6.13. The van der Waals surface area contributed by atoms with Crippen LogP contribution in [0.5, 0.6) is 0 Å². The van der Waals surface area contributed by atoms with Crippen molar-refractivity contribution in [2.24, 2.45) is 4.99 Å². The first-order valence-electron chi connectivity index (χ1n) is 7.74. The van der Waals surface area contributed by atoms with Crippen LogP contribution in [0.4, 0.5) is 0 Å². The maximum atomic E-state index is 12.0. The van der Waals surface area contributed by atoms with E-state index in [-0.39, 0.29) is 36.4 Å². The number of benzene rings is 1. The summed E-state index contributed by atoms with van der Waals surface area (Å²) in [6.07, 6.45) is 2.21. The van der Waals surface area contributed by atoms with Crippen molar-refractivity contribution in [2.45, 2.75) is 26.3 Å². The van der Waals surface area contributed by atoms with E-state index in [2.05, 4.69) is 15.6 Å². The maximum absolute atomic E-state index is 12.0. The predicted molar refractivity (Wildman–Crippen MR) is 105 cm³/mol. The number of likely N-dealkylation sites (tertiary alicyclic amines) is 1. The molecule has 0 unspecified atom stereocenters.